The number of methoxy groups -OCH3 is 1. The number of carboxylic acids is 1. The average Bonchev–Trinajstić information content (AvgIpc) is 2.15. The highest BCUT2D eigenvalue weighted by Gasteiger charge is 2.04. The highest BCUT2D eigenvalue weighted by atomic mass is 79.9. The van der Waals surface area contributed by atoms with E-state index in [4.69, 9.17) is 9.84 Å². The molecular formula is C9H10BrNO3. The lowest BCUT2D eigenvalue weighted by atomic mass is 10.2. The number of pyridine rings is 1. The van der Waals surface area contributed by atoms with Crippen molar-refractivity contribution < 1.29 is 14.6 Å². The zero-order valence-electron chi connectivity index (χ0n) is 7.66. The van der Waals surface area contributed by atoms with E-state index >= 15 is 0 Å². The second-order valence-electron chi connectivity index (χ2n) is 2.73. The molecule has 0 spiro atoms. The van der Waals surface area contributed by atoms with E-state index in [1.807, 2.05) is 6.07 Å². The molecule has 0 aliphatic rings. The number of ether oxygens (including phenoxy) is 1. The molecule has 0 radical (unpaired) electrons. The summed E-state index contributed by atoms with van der Waals surface area (Å²) in [6.07, 6.45) is 2.21. The van der Waals surface area contributed by atoms with Gasteiger partial charge in [-0.05, 0) is 34.0 Å². The van der Waals surface area contributed by atoms with Crippen LogP contribution in [0.2, 0.25) is 0 Å². The molecule has 0 bridgehead atoms. The summed E-state index contributed by atoms with van der Waals surface area (Å²) in [5, 5.41) is 8.49. The predicted molar refractivity (Wildman–Crippen MR) is 54.4 cm³/mol. The lowest BCUT2D eigenvalue weighted by molar-refractivity contribution is -0.136. The van der Waals surface area contributed by atoms with E-state index in [0.717, 1.165) is 10.0 Å². The van der Waals surface area contributed by atoms with Gasteiger partial charge in [-0.15, -0.1) is 0 Å². The molecule has 0 aliphatic carbocycles. The van der Waals surface area contributed by atoms with E-state index in [9.17, 15) is 4.79 Å². The number of halogens is 1. The summed E-state index contributed by atoms with van der Waals surface area (Å²) in [4.78, 5) is 14.3. The molecule has 5 heteroatoms. The first-order chi connectivity index (χ1) is 6.63. The molecule has 0 unspecified atom stereocenters. The van der Waals surface area contributed by atoms with Crippen molar-refractivity contribution in [2.45, 2.75) is 12.8 Å². The first-order valence-corrected chi connectivity index (χ1v) is 4.83. The van der Waals surface area contributed by atoms with Crippen LogP contribution in [0.25, 0.3) is 0 Å². The molecule has 0 atom stereocenters. The minimum Gasteiger partial charge on any atom is -0.481 e. The Labute approximate surface area is 90.0 Å². The molecule has 0 fully saturated rings. The number of hydrogen-bond donors (Lipinski definition) is 1. The number of aryl methyl sites for hydroxylation is 1. The predicted octanol–water partition coefficient (Wildman–Crippen LogP) is 1.87. The van der Waals surface area contributed by atoms with Crippen LogP contribution in [-0.2, 0) is 11.2 Å². The van der Waals surface area contributed by atoms with Crippen LogP contribution in [0.3, 0.4) is 0 Å². The molecule has 1 heterocycles. The Bertz CT molecular complexity index is 341. The zero-order valence-corrected chi connectivity index (χ0v) is 9.24. The molecule has 1 aromatic rings. The summed E-state index contributed by atoms with van der Waals surface area (Å²) >= 11 is 3.28. The van der Waals surface area contributed by atoms with E-state index in [1.54, 1.807) is 6.20 Å². The quantitative estimate of drug-likeness (QED) is 0.897. The van der Waals surface area contributed by atoms with Crippen molar-refractivity contribution in [3.8, 4) is 5.88 Å². The van der Waals surface area contributed by atoms with E-state index in [2.05, 4.69) is 20.9 Å². The minimum absolute atomic E-state index is 0.112. The van der Waals surface area contributed by atoms with Gasteiger partial charge in [-0.3, -0.25) is 4.79 Å². The number of hydrogen-bond acceptors (Lipinski definition) is 3. The molecule has 0 aliphatic heterocycles. The fourth-order valence-electron chi connectivity index (χ4n) is 1.00. The van der Waals surface area contributed by atoms with Crippen LogP contribution in [0, 0.1) is 0 Å². The maximum absolute atomic E-state index is 10.3. The summed E-state index contributed by atoms with van der Waals surface area (Å²) in [6, 6.07) is 1.81. The van der Waals surface area contributed by atoms with Crippen LogP contribution in [0.5, 0.6) is 5.88 Å². The van der Waals surface area contributed by atoms with Gasteiger partial charge >= 0.3 is 5.97 Å². The number of aromatic nitrogens is 1. The third-order valence-corrected chi connectivity index (χ3v) is 2.25. The first kappa shape index (κ1) is 11.0. The van der Waals surface area contributed by atoms with E-state index < -0.39 is 5.97 Å². The zero-order chi connectivity index (χ0) is 10.6. The van der Waals surface area contributed by atoms with Crippen LogP contribution < -0.4 is 4.74 Å². The summed E-state index contributed by atoms with van der Waals surface area (Å²) in [6.45, 7) is 0. The average molecular weight is 260 g/mol. The molecule has 1 rings (SSSR count). The molecule has 0 aromatic carbocycles. The summed E-state index contributed by atoms with van der Waals surface area (Å²) in [5.74, 6) is -0.305. The normalized spacial score (nSPS) is 9.86. The number of nitrogens with zero attached hydrogens (tertiary/aromatic N) is 1. The van der Waals surface area contributed by atoms with E-state index in [1.165, 1.54) is 7.11 Å². The molecule has 0 saturated heterocycles. The lowest BCUT2D eigenvalue weighted by Crippen LogP contribution is -1.98. The van der Waals surface area contributed by atoms with Crippen molar-refractivity contribution in [2.24, 2.45) is 0 Å². The number of aliphatic carboxylic acids is 1. The third kappa shape index (κ3) is 2.99. The Morgan fingerprint density at radius 3 is 2.93 bits per heavy atom. The molecule has 0 saturated carbocycles. The van der Waals surface area contributed by atoms with Crippen LogP contribution in [0.15, 0.2) is 16.7 Å². The van der Waals surface area contributed by atoms with Crippen molar-refractivity contribution in [1.82, 2.24) is 4.98 Å². The molecular weight excluding hydrogens is 250 g/mol. The second-order valence-corrected chi connectivity index (χ2v) is 3.58. The lowest BCUT2D eigenvalue weighted by Gasteiger charge is -2.03. The third-order valence-electron chi connectivity index (χ3n) is 1.68. The maximum Gasteiger partial charge on any atom is 0.303 e. The fourth-order valence-corrected chi connectivity index (χ4v) is 1.56. The van der Waals surface area contributed by atoms with Gasteiger partial charge in [-0.2, -0.15) is 0 Å². The van der Waals surface area contributed by atoms with Crippen molar-refractivity contribution >= 4 is 21.9 Å². The van der Waals surface area contributed by atoms with Crippen molar-refractivity contribution in [3.05, 3.63) is 22.3 Å². The van der Waals surface area contributed by atoms with Gasteiger partial charge in [0.15, 0.2) is 0 Å². The smallest absolute Gasteiger partial charge is 0.303 e. The Hall–Kier alpha value is -1.10. The highest BCUT2D eigenvalue weighted by Crippen LogP contribution is 2.22. The van der Waals surface area contributed by atoms with E-state index in [0.29, 0.717) is 12.3 Å². The Morgan fingerprint density at radius 2 is 2.43 bits per heavy atom. The number of carboxylic acid groups (broad SMARTS) is 1. The second kappa shape index (κ2) is 4.95. The Morgan fingerprint density at radius 1 is 1.71 bits per heavy atom. The number of rotatable bonds is 4. The van der Waals surface area contributed by atoms with Crippen molar-refractivity contribution in [3.63, 3.8) is 0 Å². The van der Waals surface area contributed by atoms with Gasteiger partial charge in [0.25, 0.3) is 0 Å². The standard InChI is InChI=1S/C9H10BrNO3/c1-14-9-7(10)4-6(5-11-9)2-3-8(12)13/h4-5H,2-3H2,1H3,(H,12,13). The topological polar surface area (TPSA) is 59.4 Å². The molecule has 1 N–H and O–H groups in total. The highest BCUT2D eigenvalue weighted by molar-refractivity contribution is 9.10. The molecule has 76 valence electrons. The summed E-state index contributed by atoms with van der Waals surface area (Å²) < 4.78 is 5.69. The minimum atomic E-state index is -0.808. The molecule has 1 aromatic heterocycles. The van der Waals surface area contributed by atoms with Gasteiger partial charge in [0.2, 0.25) is 5.88 Å². The van der Waals surface area contributed by atoms with Crippen molar-refractivity contribution in [2.75, 3.05) is 7.11 Å². The fraction of sp³-hybridized carbons (Fsp3) is 0.333. The van der Waals surface area contributed by atoms with Gasteiger partial charge in [0, 0.05) is 12.6 Å². The Balaban J connectivity index is 2.71. The maximum atomic E-state index is 10.3. The van der Waals surface area contributed by atoms with Gasteiger partial charge < -0.3 is 9.84 Å². The van der Waals surface area contributed by atoms with Crippen LogP contribution in [0.1, 0.15) is 12.0 Å². The molecule has 4 nitrogen and oxygen atoms in total. The van der Waals surface area contributed by atoms with E-state index in [-0.39, 0.29) is 6.42 Å². The van der Waals surface area contributed by atoms with Gasteiger partial charge in [0.05, 0.1) is 11.6 Å². The summed E-state index contributed by atoms with van der Waals surface area (Å²) in [7, 11) is 1.53. The van der Waals surface area contributed by atoms with Gasteiger partial charge in [0.1, 0.15) is 0 Å². The molecule has 14 heavy (non-hydrogen) atoms. The Kier molecular flexibility index (Phi) is 3.88. The van der Waals surface area contributed by atoms with Gasteiger partial charge in [-0.1, -0.05) is 0 Å². The number of carbonyl (C=O) groups is 1. The van der Waals surface area contributed by atoms with Crippen LogP contribution in [0.4, 0.5) is 0 Å². The van der Waals surface area contributed by atoms with Crippen molar-refractivity contribution in [1.29, 1.82) is 0 Å². The molecule has 0 amide bonds. The SMILES string of the molecule is COc1ncc(CCC(=O)O)cc1Br. The monoisotopic (exact) mass is 259 g/mol. The van der Waals surface area contributed by atoms with Crippen LogP contribution >= 0.6 is 15.9 Å². The van der Waals surface area contributed by atoms with Gasteiger partial charge in [-0.25, -0.2) is 4.98 Å². The summed E-state index contributed by atoms with van der Waals surface area (Å²) in [5.41, 5.74) is 0.875. The largest absolute Gasteiger partial charge is 0.481 e. The van der Waals surface area contributed by atoms with Crippen LogP contribution in [-0.4, -0.2) is 23.2 Å². The first-order valence-electron chi connectivity index (χ1n) is 4.03.